The summed E-state index contributed by atoms with van der Waals surface area (Å²) in [5.74, 6) is -0.274. The summed E-state index contributed by atoms with van der Waals surface area (Å²) in [6.07, 6.45) is -1.24. The van der Waals surface area contributed by atoms with Gasteiger partial charge in [0.2, 0.25) is 0 Å². The number of hydrogen-bond donors (Lipinski definition) is 3. The molecule has 1 aliphatic rings. The molecule has 0 atom stereocenters. The number of amides is 1. The van der Waals surface area contributed by atoms with Crippen molar-refractivity contribution in [3.63, 3.8) is 0 Å². The number of nitrogens with two attached hydrogens (primary N) is 1. The summed E-state index contributed by atoms with van der Waals surface area (Å²) in [4.78, 5) is 12.1. The van der Waals surface area contributed by atoms with Crippen molar-refractivity contribution in [3.8, 4) is 0 Å². The van der Waals surface area contributed by atoms with Gasteiger partial charge in [-0.1, -0.05) is 23.7 Å². The number of fused-ring (bicyclic) bond motifs is 1. The highest BCUT2D eigenvalue weighted by atomic mass is 35.5. The molecule has 1 amide bonds. The third-order valence-electron chi connectivity index (χ3n) is 4.01. The normalized spacial score (nSPS) is 15.7. The van der Waals surface area contributed by atoms with Crippen LogP contribution in [0.4, 0.5) is 30.2 Å². The highest BCUT2D eigenvalue weighted by Crippen LogP contribution is 2.38. The van der Waals surface area contributed by atoms with E-state index in [1.165, 1.54) is 12.1 Å². The Morgan fingerprint density at radius 3 is 2.48 bits per heavy atom. The Morgan fingerprint density at radius 1 is 1.19 bits per heavy atom. The largest absolute Gasteiger partial charge is 0.417 e. The number of allylic oxidation sites excluding steroid dienone is 2. The average Bonchev–Trinajstić information content (AvgIpc) is 2.88. The van der Waals surface area contributed by atoms with E-state index in [-0.39, 0.29) is 5.91 Å². The minimum absolute atomic E-state index is 0.274. The van der Waals surface area contributed by atoms with Crippen molar-refractivity contribution in [2.24, 2.45) is 5.73 Å². The van der Waals surface area contributed by atoms with Gasteiger partial charge in [-0.2, -0.15) is 13.2 Å². The lowest BCUT2D eigenvalue weighted by Gasteiger charge is -2.12. The van der Waals surface area contributed by atoms with E-state index >= 15 is 0 Å². The number of anilines is 3. The Labute approximate surface area is 158 Å². The second kappa shape index (κ2) is 7.00. The number of halogens is 4. The molecule has 1 heterocycles. The smallest absolute Gasteiger partial charge is 0.399 e. The van der Waals surface area contributed by atoms with Gasteiger partial charge in [-0.15, -0.1) is 0 Å². The highest BCUT2D eigenvalue weighted by Gasteiger charge is 2.33. The maximum Gasteiger partial charge on any atom is 0.417 e. The van der Waals surface area contributed by atoms with Gasteiger partial charge in [0, 0.05) is 22.6 Å². The molecule has 4 nitrogen and oxygen atoms in total. The minimum atomic E-state index is -4.51. The molecular formula is C19H15ClF3N3O. The van der Waals surface area contributed by atoms with Crippen LogP contribution >= 0.6 is 11.6 Å². The summed E-state index contributed by atoms with van der Waals surface area (Å²) in [6, 6.07) is 8.54. The first-order valence-electron chi connectivity index (χ1n) is 7.92. The molecule has 2 aromatic carbocycles. The monoisotopic (exact) mass is 393 g/mol. The van der Waals surface area contributed by atoms with E-state index in [9.17, 15) is 18.0 Å². The molecular weight excluding hydrogens is 379 g/mol. The molecule has 2 aromatic rings. The van der Waals surface area contributed by atoms with Crippen molar-refractivity contribution in [1.82, 2.24) is 0 Å². The molecule has 0 aliphatic carbocycles. The van der Waals surface area contributed by atoms with Crippen LogP contribution in [0.25, 0.3) is 5.57 Å². The molecule has 3 rings (SSSR count). The number of benzene rings is 2. The summed E-state index contributed by atoms with van der Waals surface area (Å²) in [6.45, 7) is 1.77. The second-order valence-electron chi connectivity index (χ2n) is 5.88. The Balaban J connectivity index is 1.87. The fraction of sp³-hybridized carbons (Fsp3) is 0.105. The van der Waals surface area contributed by atoms with Crippen LogP contribution in [0.15, 0.2) is 54.2 Å². The van der Waals surface area contributed by atoms with Gasteiger partial charge in [0.05, 0.1) is 21.8 Å². The topological polar surface area (TPSA) is 67.2 Å². The number of hydrogen-bond acceptors (Lipinski definition) is 3. The molecule has 1 aliphatic heterocycles. The van der Waals surface area contributed by atoms with Gasteiger partial charge in [0.15, 0.2) is 0 Å². The SMILES string of the molecule is C/C=C(N)/C=C1\C(=O)Nc2cc(Nc3ccc(C(F)(F)F)c(Cl)c3)ccc21. The Bertz CT molecular complexity index is 981. The van der Waals surface area contributed by atoms with Crippen molar-refractivity contribution >= 4 is 40.1 Å². The van der Waals surface area contributed by atoms with Gasteiger partial charge in [0.1, 0.15) is 0 Å². The zero-order valence-electron chi connectivity index (χ0n) is 14.1. The lowest BCUT2D eigenvalue weighted by Crippen LogP contribution is -2.06. The van der Waals surface area contributed by atoms with E-state index in [0.717, 1.165) is 6.07 Å². The first-order valence-corrected chi connectivity index (χ1v) is 8.30. The number of carbonyl (C=O) groups is 1. The Morgan fingerprint density at radius 2 is 1.85 bits per heavy atom. The van der Waals surface area contributed by atoms with Gasteiger partial charge in [0.25, 0.3) is 5.91 Å². The van der Waals surface area contributed by atoms with Crippen LogP contribution in [0.2, 0.25) is 5.02 Å². The van der Waals surface area contributed by atoms with Crippen molar-refractivity contribution < 1.29 is 18.0 Å². The van der Waals surface area contributed by atoms with Gasteiger partial charge < -0.3 is 16.4 Å². The summed E-state index contributed by atoms with van der Waals surface area (Å²) in [5, 5.41) is 5.32. The van der Waals surface area contributed by atoms with Crippen LogP contribution < -0.4 is 16.4 Å². The van der Waals surface area contributed by atoms with Gasteiger partial charge in [-0.25, -0.2) is 0 Å². The van der Waals surface area contributed by atoms with E-state index in [2.05, 4.69) is 10.6 Å². The Kier molecular flexibility index (Phi) is 4.89. The number of alkyl halides is 3. The van der Waals surface area contributed by atoms with Crippen LogP contribution in [0, 0.1) is 0 Å². The lowest BCUT2D eigenvalue weighted by molar-refractivity contribution is -0.137. The second-order valence-corrected chi connectivity index (χ2v) is 6.29. The predicted octanol–water partition coefficient (Wildman–Crippen LogP) is 5.30. The molecule has 140 valence electrons. The summed E-state index contributed by atoms with van der Waals surface area (Å²) < 4.78 is 38.4. The van der Waals surface area contributed by atoms with Crippen molar-refractivity contribution in [1.29, 1.82) is 0 Å². The third kappa shape index (κ3) is 3.93. The quantitative estimate of drug-likeness (QED) is 0.620. The standard InChI is InChI=1S/C19H15ClF3N3O/c1-2-10(24)7-14-13-5-3-12(9-17(13)26-18(14)27)25-11-4-6-15(16(20)8-11)19(21,22)23/h2-9,25H,24H2,1H3,(H,26,27)/b10-2-,14-7-. The lowest BCUT2D eigenvalue weighted by atomic mass is 10.1. The highest BCUT2D eigenvalue weighted by molar-refractivity contribution is 6.32. The number of carbonyl (C=O) groups excluding carboxylic acids is 1. The number of nitrogens with one attached hydrogen (secondary N) is 2. The average molecular weight is 394 g/mol. The Hall–Kier alpha value is -2.93. The van der Waals surface area contributed by atoms with Gasteiger partial charge in [-0.3, -0.25) is 4.79 Å². The third-order valence-corrected chi connectivity index (χ3v) is 4.32. The molecule has 0 spiro atoms. The fourth-order valence-electron chi connectivity index (χ4n) is 2.65. The van der Waals surface area contributed by atoms with E-state index < -0.39 is 16.8 Å². The van der Waals surface area contributed by atoms with E-state index in [4.69, 9.17) is 17.3 Å². The molecule has 4 N–H and O–H groups in total. The van der Waals surface area contributed by atoms with Crippen LogP contribution in [0.3, 0.4) is 0 Å². The predicted molar refractivity (Wildman–Crippen MR) is 101 cm³/mol. The summed E-state index contributed by atoms with van der Waals surface area (Å²) >= 11 is 5.73. The summed E-state index contributed by atoms with van der Waals surface area (Å²) in [5.41, 5.74) is 8.04. The fourth-order valence-corrected chi connectivity index (χ4v) is 2.94. The molecule has 8 heteroatoms. The zero-order chi connectivity index (χ0) is 19.8. The maximum atomic E-state index is 12.8. The van der Waals surface area contributed by atoms with Crippen LogP contribution in [-0.2, 0) is 11.0 Å². The van der Waals surface area contributed by atoms with E-state index in [1.807, 2.05) is 0 Å². The molecule has 0 aromatic heterocycles. The van der Waals surface area contributed by atoms with E-state index in [1.54, 1.807) is 37.3 Å². The summed E-state index contributed by atoms with van der Waals surface area (Å²) in [7, 11) is 0. The van der Waals surface area contributed by atoms with Crippen LogP contribution in [0.5, 0.6) is 0 Å². The first-order chi connectivity index (χ1) is 12.7. The zero-order valence-corrected chi connectivity index (χ0v) is 14.9. The number of rotatable bonds is 3. The first kappa shape index (κ1) is 18.8. The van der Waals surface area contributed by atoms with E-state index in [0.29, 0.717) is 33.9 Å². The minimum Gasteiger partial charge on any atom is -0.399 e. The molecule has 0 bridgehead atoms. The molecule has 27 heavy (non-hydrogen) atoms. The molecule has 0 fully saturated rings. The maximum absolute atomic E-state index is 12.8. The molecule has 0 saturated heterocycles. The van der Waals surface area contributed by atoms with Crippen LogP contribution in [-0.4, -0.2) is 5.91 Å². The molecule has 0 unspecified atom stereocenters. The van der Waals surface area contributed by atoms with Crippen molar-refractivity contribution in [2.75, 3.05) is 10.6 Å². The van der Waals surface area contributed by atoms with Crippen LogP contribution in [0.1, 0.15) is 18.1 Å². The molecule has 0 radical (unpaired) electrons. The van der Waals surface area contributed by atoms with Gasteiger partial charge >= 0.3 is 6.18 Å². The van der Waals surface area contributed by atoms with Gasteiger partial charge in [-0.05, 0) is 43.3 Å². The van der Waals surface area contributed by atoms with Crippen molar-refractivity contribution in [2.45, 2.75) is 13.1 Å². The molecule has 0 saturated carbocycles. The van der Waals surface area contributed by atoms with Crippen molar-refractivity contribution in [3.05, 3.63) is 70.4 Å².